The summed E-state index contributed by atoms with van der Waals surface area (Å²) in [7, 11) is 1.04. The Labute approximate surface area is 150 Å². The number of pyridine rings is 1. The molecule has 1 aliphatic rings. The summed E-state index contributed by atoms with van der Waals surface area (Å²) in [5, 5.41) is 2.90. The van der Waals surface area contributed by atoms with Gasteiger partial charge in [-0.25, -0.2) is 8.42 Å². The van der Waals surface area contributed by atoms with Crippen molar-refractivity contribution in [1.82, 2.24) is 15.2 Å². The van der Waals surface area contributed by atoms with Gasteiger partial charge in [-0.3, -0.25) is 9.78 Å². The number of carbonyl (C=O) groups is 1. The minimum Gasteiger partial charge on any atom is -0.367 e. The van der Waals surface area contributed by atoms with Crippen molar-refractivity contribution in [3.8, 4) is 0 Å². The maximum Gasteiger partial charge on any atom is 0.252 e. The van der Waals surface area contributed by atoms with Crippen LogP contribution >= 0.6 is 0 Å². The van der Waals surface area contributed by atoms with Gasteiger partial charge in [0.05, 0.1) is 29.0 Å². The smallest absolute Gasteiger partial charge is 0.252 e. The van der Waals surface area contributed by atoms with Crippen molar-refractivity contribution in [2.75, 3.05) is 50.1 Å². The second-order valence-electron chi connectivity index (χ2n) is 6.69. The first-order chi connectivity index (χ1) is 11.8. The van der Waals surface area contributed by atoms with Crippen LogP contribution in [0.4, 0.5) is 5.69 Å². The highest BCUT2D eigenvalue weighted by atomic mass is 32.2. The first-order valence-corrected chi connectivity index (χ1v) is 10.5. The Kier molecular flexibility index (Phi) is 6.78. The summed E-state index contributed by atoms with van der Waals surface area (Å²) in [5.41, 5.74) is 1.30. The number of amides is 1. The molecule has 1 aromatic heterocycles. The van der Waals surface area contributed by atoms with Crippen LogP contribution in [0.15, 0.2) is 18.5 Å². The topological polar surface area (TPSA) is 82.6 Å². The van der Waals surface area contributed by atoms with Gasteiger partial charge in [-0.2, -0.15) is 0 Å². The third-order valence-electron chi connectivity index (χ3n) is 4.38. The van der Waals surface area contributed by atoms with Crippen LogP contribution in [0, 0.1) is 0 Å². The van der Waals surface area contributed by atoms with Gasteiger partial charge in [0.1, 0.15) is 0 Å². The van der Waals surface area contributed by atoms with Gasteiger partial charge in [0.15, 0.2) is 9.84 Å². The summed E-state index contributed by atoms with van der Waals surface area (Å²) in [6.45, 7) is 4.19. The summed E-state index contributed by atoms with van der Waals surface area (Å²) in [5.74, 6) is 0.248. The number of hydrogen-bond acceptors (Lipinski definition) is 6. The van der Waals surface area contributed by atoms with Gasteiger partial charge in [-0.1, -0.05) is 0 Å². The quantitative estimate of drug-likeness (QED) is 0.683. The summed E-state index contributed by atoms with van der Waals surface area (Å²) < 4.78 is 23.5. The van der Waals surface area contributed by atoms with Crippen molar-refractivity contribution in [2.45, 2.75) is 25.8 Å². The molecular formula is C17H28N4O3S. The number of carbonyl (C=O) groups excluding carboxylic acids is 1. The summed E-state index contributed by atoms with van der Waals surface area (Å²) in [6.07, 6.45) is 4.74. The molecule has 140 valence electrons. The zero-order valence-electron chi connectivity index (χ0n) is 15.2. The number of anilines is 1. The van der Waals surface area contributed by atoms with Crippen molar-refractivity contribution in [2.24, 2.45) is 0 Å². The van der Waals surface area contributed by atoms with E-state index in [9.17, 15) is 13.2 Å². The van der Waals surface area contributed by atoms with Crippen molar-refractivity contribution in [1.29, 1.82) is 0 Å². The maximum atomic E-state index is 12.3. The average Bonchev–Trinajstić information content (AvgIpc) is 2.92. The van der Waals surface area contributed by atoms with E-state index in [0.717, 1.165) is 18.7 Å². The molecule has 7 nitrogen and oxygen atoms in total. The van der Waals surface area contributed by atoms with Gasteiger partial charge >= 0.3 is 0 Å². The van der Waals surface area contributed by atoms with Gasteiger partial charge in [0, 0.05) is 25.3 Å². The molecule has 8 heteroatoms. The van der Waals surface area contributed by atoms with E-state index in [1.165, 1.54) is 0 Å². The summed E-state index contributed by atoms with van der Waals surface area (Å²) in [6, 6.07) is 1.75. The molecule has 0 bridgehead atoms. The lowest BCUT2D eigenvalue weighted by molar-refractivity contribution is 0.0952. The largest absolute Gasteiger partial charge is 0.367 e. The van der Waals surface area contributed by atoms with Crippen LogP contribution in [0.25, 0.3) is 0 Å². The first kappa shape index (κ1) is 19.7. The van der Waals surface area contributed by atoms with Gasteiger partial charge < -0.3 is 15.1 Å². The fourth-order valence-corrected chi connectivity index (χ4v) is 4.81. The number of rotatable bonds is 8. The van der Waals surface area contributed by atoms with Gasteiger partial charge in [-0.15, -0.1) is 0 Å². The highest BCUT2D eigenvalue weighted by molar-refractivity contribution is 7.91. The van der Waals surface area contributed by atoms with Crippen LogP contribution in [0.3, 0.4) is 0 Å². The van der Waals surface area contributed by atoms with Crippen molar-refractivity contribution >= 4 is 21.4 Å². The molecule has 1 unspecified atom stereocenters. The van der Waals surface area contributed by atoms with Gasteiger partial charge in [-0.05, 0) is 46.5 Å². The number of hydrogen-bond donors (Lipinski definition) is 1. The lowest BCUT2D eigenvalue weighted by Crippen LogP contribution is -2.36. The molecule has 25 heavy (non-hydrogen) atoms. The Morgan fingerprint density at radius 1 is 1.36 bits per heavy atom. The highest BCUT2D eigenvalue weighted by Crippen LogP contribution is 2.24. The monoisotopic (exact) mass is 368 g/mol. The molecule has 1 aliphatic heterocycles. The van der Waals surface area contributed by atoms with E-state index in [4.69, 9.17) is 0 Å². The molecule has 1 saturated heterocycles. The van der Waals surface area contributed by atoms with Gasteiger partial charge in [0.2, 0.25) is 0 Å². The Balaban J connectivity index is 2.02. The van der Waals surface area contributed by atoms with Crippen LogP contribution in [-0.2, 0) is 9.84 Å². The van der Waals surface area contributed by atoms with Crippen molar-refractivity contribution < 1.29 is 13.2 Å². The molecule has 0 spiro atoms. The lowest BCUT2D eigenvalue weighted by atomic mass is 10.1. The Morgan fingerprint density at radius 3 is 2.72 bits per heavy atom. The van der Waals surface area contributed by atoms with Crippen LogP contribution in [-0.4, -0.2) is 75.5 Å². The van der Waals surface area contributed by atoms with Crippen LogP contribution in [0.2, 0.25) is 0 Å². The molecule has 1 amide bonds. The molecule has 0 radical (unpaired) electrons. The molecule has 1 aromatic rings. The van der Waals surface area contributed by atoms with E-state index in [2.05, 4.69) is 15.2 Å². The van der Waals surface area contributed by atoms with E-state index in [0.29, 0.717) is 25.1 Å². The molecule has 2 heterocycles. The molecule has 0 aliphatic carbocycles. The Bertz CT molecular complexity index is 691. The van der Waals surface area contributed by atoms with Crippen LogP contribution in [0.1, 0.15) is 30.1 Å². The number of aromatic nitrogens is 1. The summed E-state index contributed by atoms with van der Waals surface area (Å²) >= 11 is 0. The van der Waals surface area contributed by atoms with Crippen molar-refractivity contribution in [3.63, 3.8) is 0 Å². The fraction of sp³-hybridized carbons (Fsp3) is 0.647. The average molecular weight is 369 g/mol. The predicted molar refractivity (Wildman–Crippen MR) is 99.8 cm³/mol. The Hall–Kier alpha value is -1.67. The molecule has 0 saturated carbocycles. The maximum absolute atomic E-state index is 12.3. The summed E-state index contributed by atoms with van der Waals surface area (Å²) in [4.78, 5) is 20.6. The van der Waals surface area contributed by atoms with E-state index in [1.807, 2.05) is 25.9 Å². The number of sulfone groups is 1. The van der Waals surface area contributed by atoms with Gasteiger partial charge in [0.25, 0.3) is 5.91 Å². The SMILES string of the molecule is CCN(c1cncc(C(=O)NCCCN(C)C)c1)C1CCS(=O)(=O)C1. The number of nitrogens with zero attached hydrogens (tertiary/aromatic N) is 3. The van der Waals surface area contributed by atoms with Crippen LogP contribution < -0.4 is 10.2 Å². The standard InChI is InChI=1S/C17H28N4O3S/c1-4-21(15-6-9-25(23,24)13-15)16-10-14(11-18-12-16)17(22)19-7-5-8-20(2)3/h10-12,15H,4-9,13H2,1-3H3,(H,19,22). The van der Waals surface area contributed by atoms with E-state index in [1.54, 1.807) is 18.5 Å². The normalized spacial score (nSPS) is 19.1. The molecule has 1 fully saturated rings. The molecule has 1 N–H and O–H groups in total. The molecule has 2 rings (SSSR count). The number of nitrogens with one attached hydrogen (secondary N) is 1. The van der Waals surface area contributed by atoms with Crippen LogP contribution in [0.5, 0.6) is 0 Å². The van der Waals surface area contributed by atoms with E-state index in [-0.39, 0.29) is 23.5 Å². The minimum absolute atomic E-state index is 0.0461. The fourth-order valence-electron chi connectivity index (χ4n) is 3.08. The Morgan fingerprint density at radius 2 is 2.12 bits per heavy atom. The third kappa shape index (κ3) is 5.67. The molecule has 0 aromatic carbocycles. The third-order valence-corrected chi connectivity index (χ3v) is 6.13. The minimum atomic E-state index is -2.95. The highest BCUT2D eigenvalue weighted by Gasteiger charge is 2.32. The molecular weight excluding hydrogens is 340 g/mol. The second kappa shape index (κ2) is 8.62. The van der Waals surface area contributed by atoms with Crippen molar-refractivity contribution in [3.05, 3.63) is 24.0 Å². The molecule has 1 atom stereocenters. The lowest BCUT2D eigenvalue weighted by Gasteiger charge is -2.29. The first-order valence-electron chi connectivity index (χ1n) is 8.67. The van der Waals surface area contributed by atoms with E-state index < -0.39 is 9.84 Å². The zero-order valence-corrected chi connectivity index (χ0v) is 16.1. The zero-order chi connectivity index (χ0) is 18.4. The van der Waals surface area contributed by atoms with E-state index >= 15 is 0 Å². The second-order valence-corrected chi connectivity index (χ2v) is 8.92. The predicted octanol–water partition coefficient (Wildman–Crippen LogP) is 0.777.